The molecule has 20 heavy (non-hydrogen) atoms. The number of primary amides is 1. The minimum Gasteiger partial charge on any atom is -0.368 e. The van der Waals surface area contributed by atoms with E-state index in [4.69, 9.17) is 17.3 Å². The summed E-state index contributed by atoms with van der Waals surface area (Å²) in [4.78, 5) is 33.1. The highest BCUT2D eigenvalue weighted by molar-refractivity contribution is 6.33. The predicted molar refractivity (Wildman–Crippen MR) is 76.5 cm³/mol. The van der Waals surface area contributed by atoms with Crippen LogP contribution in [-0.4, -0.2) is 39.3 Å². The maximum absolute atomic E-state index is 12.5. The normalized spacial score (nSPS) is 10.9. The number of hydrogen-bond donors (Lipinski definition) is 1. The molecule has 0 aliphatic heterocycles. The minimum absolute atomic E-state index is 0.0717. The van der Waals surface area contributed by atoms with Crippen LogP contribution < -0.4 is 5.73 Å². The van der Waals surface area contributed by atoms with Crippen LogP contribution in [0.4, 0.5) is 0 Å². The first-order valence-electron chi connectivity index (χ1n) is 6.35. The van der Waals surface area contributed by atoms with Crippen LogP contribution in [0, 0.1) is 0 Å². The maximum Gasteiger partial charge on any atom is 0.274 e. The fraction of sp³-hybridized carbons (Fsp3) is 0.538. The van der Waals surface area contributed by atoms with E-state index >= 15 is 0 Å². The first kappa shape index (κ1) is 16.4. The summed E-state index contributed by atoms with van der Waals surface area (Å²) in [5.74, 6) is -0.405. The zero-order valence-electron chi connectivity index (χ0n) is 12.1. The van der Waals surface area contributed by atoms with E-state index in [-0.39, 0.29) is 29.2 Å². The van der Waals surface area contributed by atoms with E-state index in [9.17, 15) is 9.59 Å². The average Bonchev–Trinajstić information content (AvgIpc) is 2.34. The molecule has 2 amide bonds. The molecule has 0 saturated carbocycles. The van der Waals surface area contributed by atoms with E-state index in [0.717, 1.165) is 0 Å². The van der Waals surface area contributed by atoms with Crippen molar-refractivity contribution in [2.45, 2.75) is 39.7 Å². The molecule has 0 unspecified atom stereocenters. The molecule has 2 N–H and O–H groups in total. The lowest BCUT2D eigenvalue weighted by molar-refractivity contribution is -0.119. The van der Waals surface area contributed by atoms with Crippen molar-refractivity contribution in [2.75, 3.05) is 6.54 Å². The number of amides is 2. The Bertz CT molecular complexity index is 517. The molecule has 1 aromatic heterocycles. The Morgan fingerprint density at radius 1 is 1.35 bits per heavy atom. The summed E-state index contributed by atoms with van der Waals surface area (Å²) >= 11 is 5.99. The van der Waals surface area contributed by atoms with Crippen LogP contribution in [-0.2, 0) is 4.79 Å². The fourth-order valence-electron chi connectivity index (χ4n) is 1.60. The van der Waals surface area contributed by atoms with Gasteiger partial charge in [0.15, 0.2) is 5.69 Å². The van der Waals surface area contributed by atoms with Crippen LogP contribution in [0.1, 0.15) is 49.9 Å². The molecule has 110 valence electrons. The van der Waals surface area contributed by atoms with Crippen molar-refractivity contribution in [1.29, 1.82) is 0 Å². The van der Waals surface area contributed by atoms with Crippen LogP contribution in [0.25, 0.3) is 0 Å². The molecular weight excluding hydrogens is 280 g/mol. The molecule has 1 rings (SSSR count). The number of nitrogens with two attached hydrogens (primary N) is 1. The summed E-state index contributed by atoms with van der Waals surface area (Å²) in [6, 6.07) is -0.191. The molecule has 0 fully saturated rings. The second-order valence-corrected chi connectivity index (χ2v) is 5.48. The lowest BCUT2D eigenvalue weighted by atomic mass is 10.2. The number of aromatic nitrogens is 2. The van der Waals surface area contributed by atoms with Crippen molar-refractivity contribution in [2.24, 2.45) is 5.73 Å². The van der Waals surface area contributed by atoms with Gasteiger partial charge < -0.3 is 10.6 Å². The smallest absolute Gasteiger partial charge is 0.274 e. The molecule has 7 heteroatoms. The van der Waals surface area contributed by atoms with Gasteiger partial charge in [-0.05, 0) is 13.8 Å². The van der Waals surface area contributed by atoms with E-state index in [1.165, 1.54) is 11.1 Å². The van der Waals surface area contributed by atoms with Crippen molar-refractivity contribution in [1.82, 2.24) is 14.9 Å². The summed E-state index contributed by atoms with van der Waals surface area (Å²) in [6.07, 6.45) is 1.40. The number of rotatable bonds is 5. The Labute approximate surface area is 123 Å². The van der Waals surface area contributed by atoms with Crippen molar-refractivity contribution in [3.05, 3.63) is 22.7 Å². The van der Waals surface area contributed by atoms with E-state index in [2.05, 4.69) is 9.97 Å². The van der Waals surface area contributed by atoms with Crippen LogP contribution in [0.2, 0.25) is 5.02 Å². The summed E-state index contributed by atoms with van der Waals surface area (Å²) in [5, 5.41) is 0.162. The van der Waals surface area contributed by atoms with Gasteiger partial charge in [-0.1, -0.05) is 25.4 Å². The fourth-order valence-corrected chi connectivity index (χ4v) is 1.77. The van der Waals surface area contributed by atoms with Gasteiger partial charge in [-0.15, -0.1) is 0 Å². The third-order valence-corrected chi connectivity index (χ3v) is 2.97. The van der Waals surface area contributed by atoms with Crippen molar-refractivity contribution >= 4 is 23.4 Å². The van der Waals surface area contributed by atoms with Gasteiger partial charge in [0.2, 0.25) is 5.91 Å². The second kappa shape index (κ2) is 6.65. The molecule has 0 bridgehead atoms. The lowest BCUT2D eigenvalue weighted by Crippen LogP contribution is -2.43. The van der Waals surface area contributed by atoms with Gasteiger partial charge in [0.05, 0.1) is 17.8 Å². The summed E-state index contributed by atoms with van der Waals surface area (Å²) in [7, 11) is 0. The molecular formula is C13H19ClN4O2. The number of hydrogen-bond acceptors (Lipinski definition) is 4. The van der Waals surface area contributed by atoms with Gasteiger partial charge in [-0.2, -0.15) is 0 Å². The minimum atomic E-state index is -0.582. The Kier molecular flexibility index (Phi) is 5.44. The molecule has 1 aromatic rings. The summed E-state index contributed by atoms with van der Waals surface area (Å²) in [6.45, 7) is 7.24. The number of carbonyl (C=O) groups excluding carboxylic acids is 2. The van der Waals surface area contributed by atoms with Gasteiger partial charge in [0.25, 0.3) is 5.91 Å². The average molecular weight is 299 g/mol. The molecule has 6 nitrogen and oxygen atoms in total. The highest BCUT2D eigenvalue weighted by atomic mass is 35.5. The highest BCUT2D eigenvalue weighted by Crippen LogP contribution is 2.18. The zero-order valence-corrected chi connectivity index (χ0v) is 12.8. The van der Waals surface area contributed by atoms with E-state index < -0.39 is 11.8 Å². The Morgan fingerprint density at radius 2 is 1.95 bits per heavy atom. The number of carbonyl (C=O) groups is 2. The van der Waals surface area contributed by atoms with E-state index in [1.54, 1.807) is 13.8 Å². The molecule has 0 aromatic carbocycles. The molecule has 0 spiro atoms. The van der Waals surface area contributed by atoms with Crippen LogP contribution in [0.5, 0.6) is 0 Å². The van der Waals surface area contributed by atoms with Crippen LogP contribution >= 0.6 is 11.6 Å². The Morgan fingerprint density at radius 3 is 2.40 bits per heavy atom. The van der Waals surface area contributed by atoms with Crippen molar-refractivity contribution < 1.29 is 9.59 Å². The largest absolute Gasteiger partial charge is 0.368 e. The molecule has 0 aliphatic rings. The molecule has 0 radical (unpaired) electrons. The van der Waals surface area contributed by atoms with Crippen LogP contribution in [0.3, 0.4) is 0 Å². The van der Waals surface area contributed by atoms with Gasteiger partial charge in [-0.25, -0.2) is 9.97 Å². The first-order valence-corrected chi connectivity index (χ1v) is 6.73. The third kappa shape index (κ3) is 3.90. The SMILES string of the molecule is CC(C)c1ncc(Cl)c(C(=O)N(CC(N)=O)C(C)C)n1. The molecule has 1 heterocycles. The monoisotopic (exact) mass is 298 g/mol. The number of nitrogens with zero attached hydrogens (tertiary/aromatic N) is 3. The Hall–Kier alpha value is -1.69. The second-order valence-electron chi connectivity index (χ2n) is 5.07. The summed E-state index contributed by atoms with van der Waals surface area (Å²) in [5.41, 5.74) is 5.26. The highest BCUT2D eigenvalue weighted by Gasteiger charge is 2.24. The topological polar surface area (TPSA) is 89.2 Å². The molecule has 0 aliphatic carbocycles. The molecule has 0 saturated heterocycles. The van der Waals surface area contributed by atoms with Gasteiger partial charge in [0.1, 0.15) is 5.82 Å². The predicted octanol–water partition coefficient (Wildman–Crippen LogP) is 1.59. The quantitative estimate of drug-likeness (QED) is 0.894. The zero-order chi connectivity index (χ0) is 15.4. The molecule has 0 atom stereocenters. The van der Waals surface area contributed by atoms with Gasteiger partial charge in [0, 0.05) is 12.0 Å². The number of halogens is 1. The maximum atomic E-state index is 12.5. The summed E-state index contributed by atoms with van der Waals surface area (Å²) < 4.78 is 0. The standard InChI is InChI=1S/C13H19ClN4O2/c1-7(2)12-16-5-9(14)11(17-12)13(20)18(8(3)4)6-10(15)19/h5,7-8H,6H2,1-4H3,(H2,15,19). The van der Waals surface area contributed by atoms with Crippen LogP contribution in [0.15, 0.2) is 6.20 Å². The van der Waals surface area contributed by atoms with E-state index in [1.807, 2.05) is 13.8 Å². The van der Waals surface area contributed by atoms with Crippen molar-refractivity contribution in [3.8, 4) is 0 Å². The third-order valence-electron chi connectivity index (χ3n) is 2.69. The van der Waals surface area contributed by atoms with Gasteiger partial charge >= 0.3 is 0 Å². The van der Waals surface area contributed by atoms with Crippen molar-refractivity contribution in [3.63, 3.8) is 0 Å². The van der Waals surface area contributed by atoms with E-state index in [0.29, 0.717) is 5.82 Å². The van der Waals surface area contributed by atoms with Gasteiger partial charge in [-0.3, -0.25) is 9.59 Å². The Balaban J connectivity index is 3.17. The first-order chi connectivity index (χ1) is 9.23. The lowest BCUT2D eigenvalue weighted by Gasteiger charge is -2.25.